The molecule has 0 unspecified atom stereocenters. The second-order valence-corrected chi connectivity index (χ2v) is 8.73. The SMILES string of the molecule is Cc1ccc2[nH]c(O)c(C(=Nc3ccc(CN4CCCCC4)cc3)c3ccccc3)c2c1. The van der Waals surface area contributed by atoms with Gasteiger partial charge in [-0.2, -0.15) is 0 Å². The summed E-state index contributed by atoms with van der Waals surface area (Å²) >= 11 is 0. The predicted octanol–water partition coefficient (Wildman–Crippen LogP) is 6.34. The lowest BCUT2D eigenvalue weighted by Gasteiger charge is -2.26. The second-order valence-electron chi connectivity index (χ2n) is 8.73. The van der Waals surface area contributed by atoms with Gasteiger partial charge in [0.05, 0.1) is 17.0 Å². The lowest BCUT2D eigenvalue weighted by atomic mass is 10.00. The van der Waals surface area contributed by atoms with Gasteiger partial charge in [0.1, 0.15) is 0 Å². The summed E-state index contributed by atoms with van der Waals surface area (Å²) in [6.45, 7) is 5.44. The van der Waals surface area contributed by atoms with Crippen molar-refractivity contribution in [2.75, 3.05) is 13.1 Å². The number of hydrogen-bond donors (Lipinski definition) is 2. The number of piperidine rings is 1. The first-order valence-electron chi connectivity index (χ1n) is 11.4. The van der Waals surface area contributed by atoms with E-state index in [2.05, 4.69) is 47.1 Å². The largest absolute Gasteiger partial charge is 0.494 e. The van der Waals surface area contributed by atoms with Gasteiger partial charge >= 0.3 is 0 Å². The third-order valence-electron chi connectivity index (χ3n) is 6.25. The molecule has 2 N–H and O–H groups in total. The molecular formula is C28H29N3O. The number of aromatic hydroxyl groups is 1. The van der Waals surface area contributed by atoms with Gasteiger partial charge in [0, 0.05) is 23.0 Å². The van der Waals surface area contributed by atoms with Gasteiger partial charge in [-0.1, -0.05) is 60.5 Å². The molecule has 1 aromatic heterocycles. The van der Waals surface area contributed by atoms with Gasteiger partial charge in [0.15, 0.2) is 5.88 Å². The van der Waals surface area contributed by atoms with Gasteiger partial charge in [-0.05, 0) is 62.7 Å². The molecule has 4 aromatic rings. The second kappa shape index (κ2) is 9.01. The van der Waals surface area contributed by atoms with Crippen molar-refractivity contribution in [3.05, 3.63) is 95.1 Å². The molecule has 0 aliphatic carbocycles. The van der Waals surface area contributed by atoms with Crippen LogP contribution in [-0.4, -0.2) is 33.8 Å². The van der Waals surface area contributed by atoms with Crippen molar-refractivity contribution in [3.63, 3.8) is 0 Å². The summed E-state index contributed by atoms with van der Waals surface area (Å²) in [7, 11) is 0. The number of aromatic nitrogens is 1. The van der Waals surface area contributed by atoms with Crippen molar-refractivity contribution in [1.29, 1.82) is 0 Å². The van der Waals surface area contributed by atoms with Gasteiger partial charge in [0.25, 0.3) is 0 Å². The molecule has 0 atom stereocenters. The van der Waals surface area contributed by atoms with Crippen molar-refractivity contribution in [2.45, 2.75) is 32.7 Å². The Morgan fingerprint density at radius 1 is 0.938 bits per heavy atom. The fourth-order valence-electron chi connectivity index (χ4n) is 4.57. The van der Waals surface area contributed by atoms with Gasteiger partial charge in [-0.25, -0.2) is 4.99 Å². The molecule has 2 heterocycles. The van der Waals surface area contributed by atoms with Gasteiger partial charge in [-0.15, -0.1) is 0 Å². The van der Waals surface area contributed by atoms with E-state index in [9.17, 15) is 5.11 Å². The van der Waals surface area contributed by atoms with Crippen molar-refractivity contribution in [1.82, 2.24) is 9.88 Å². The number of likely N-dealkylation sites (tertiary alicyclic amines) is 1. The molecule has 5 rings (SSSR count). The summed E-state index contributed by atoms with van der Waals surface area (Å²) in [4.78, 5) is 10.7. The van der Waals surface area contributed by atoms with Crippen LogP contribution in [0.2, 0.25) is 0 Å². The number of H-pyrrole nitrogens is 1. The zero-order valence-corrected chi connectivity index (χ0v) is 18.5. The quantitative estimate of drug-likeness (QED) is 0.368. The maximum absolute atomic E-state index is 10.8. The number of benzene rings is 3. The molecular weight excluding hydrogens is 394 g/mol. The smallest absolute Gasteiger partial charge is 0.199 e. The van der Waals surface area contributed by atoms with E-state index >= 15 is 0 Å². The molecule has 1 aliphatic rings. The minimum atomic E-state index is 0.148. The van der Waals surface area contributed by atoms with E-state index in [1.54, 1.807) is 0 Å². The number of rotatable bonds is 5. The topological polar surface area (TPSA) is 51.6 Å². The fourth-order valence-corrected chi connectivity index (χ4v) is 4.57. The fraction of sp³-hybridized carbons (Fsp3) is 0.250. The van der Waals surface area contributed by atoms with E-state index < -0.39 is 0 Å². The molecule has 0 saturated carbocycles. The van der Waals surface area contributed by atoms with E-state index in [4.69, 9.17) is 4.99 Å². The third kappa shape index (κ3) is 4.32. The summed E-state index contributed by atoms with van der Waals surface area (Å²) in [6.07, 6.45) is 3.96. The molecule has 32 heavy (non-hydrogen) atoms. The number of nitrogens with zero attached hydrogens (tertiary/aromatic N) is 2. The molecule has 1 aliphatic heterocycles. The number of aryl methyl sites for hydroxylation is 1. The predicted molar refractivity (Wildman–Crippen MR) is 132 cm³/mol. The van der Waals surface area contributed by atoms with Crippen molar-refractivity contribution in [3.8, 4) is 5.88 Å². The number of aromatic amines is 1. The number of nitrogens with one attached hydrogen (secondary N) is 1. The van der Waals surface area contributed by atoms with Gasteiger partial charge in [-0.3, -0.25) is 4.90 Å². The average Bonchev–Trinajstić information content (AvgIpc) is 3.14. The zero-order valence-electron chi connectivity index (χ0n) is 18.5. The van der Waals surface area contributed by atoms with Crippen molar-refractivity contribution >= 4 is 22.3 Å². The number of hydrogen-bond acceptors (Lipinski definition) is 3. The monoisotopic (exact) mass is 423 g/mol. The van der Waals surface area contributed by atoms with E-state index in [1.165, 1.54) is 37.9 Å². The molecule has 0 amide bonds. The Morgan fingerprint density at radius 3 is 2.44 bits per heavy atom. The third-order valence-corrected chi connectivity index (χ3v) is 6.25. The maximum Gasteiger partial charge on any atom is 0.199 e. The first-order valence-corrected chi connectivity index (χ1v) is 11.4. The number of fused-ring (bicyclic) bond motifs is 1. The molecule has 0 spiro atoms. The van der Waals surface area contributed by atoms with E-state index in [1.807, 2.05) is 42.5 Å². The van der Waals surface area contributed by atoms with Crippen LogP contribution in [0.3, 0.4) is 0 Å². The van der Waals surface area contributed by atoms with Crippen LogP contribution in [0.5, 0.6) is 5.88 Å². The van der Waals surface area contributed by atoms with E-state index in [0.717, 1.165) is 45.5 Å². The van der Waals surface area contributed by atoms with Gasteiger partial charge in [0.2, 0.25) is 0 Å². The lowest BCUT2D eigenvalue weighted by Crippen LogP contribution is -2.28. The van der Waals surface area contributed by atoms with Crippen LogP contribution in [0.25, 0.3) is 10.9 Å². The van der Waals surface area contributed by atoms with Crippen molar-refractivity contribution < 1.29 is 5.11 Å². The standard InChI is InChI=1S/C28H29N3O/c1-20-10-15-25-24(18-20)26(28(32)30-25)27(22-8-4-2-5-9-22)29-23-13-11-21(12-14-23)19-31-16-6-3-7-17-31/h2,4-5,8-15,18,30,32H,3,6-7,16-17,19H2,1H3. The summed E-state index contributed by atoms with van der Waals surface area (Å²) in [5, 5.41) is 11.8. The Hall–Kier alpha value is -3.37. The van der Waals surface area contributed by atoms with Crippen LogP contribution in [0.15, 0.2) is 77.8 Å². The Labute approximate surface area is 189 Å². The Balaban J connectivity index is 1.54. The first-order chi connectivity index (χ1) is 15.7. The minimum Gasteiger partial charge on any atom is -0.494 e. The number of aliphatic imine (C=N–C) groups is 1. The van der Waals surface area contributed by atoms with E-state index in [-0.39, 0.29) is 5.88 Å². The highest BCUT2D eigenvalue weighted by atomic mass is 16.3. The van der Waals surface area contributed by atoms with Crippen LogP contribution in [0, 0.1) is 6.92 Å². The van der Waals surface area contributed by atoms with Crippen LogP contribution >= 0.6 is 0 Å². The summed E-state index contributed by atoms with van der Waals surface area (Å²) in [6, 6.07) is 24.7. The maximum atomic E-state index is 10.8. The summed E-state index contributed by atoms with van der Waals surface area (Å²) < 4.78 is 0. The van der Waals surface area contributed by atoms with Crippen LogP contribution in [-0.2, 0) is 6.54 Å². The molecule has 0 radical (unpaired) electrons. The average molecular weight is 424 g/mol. The van der Waals surface area contributed by atoms with E-state index in [0.29, 0.717) is 0 Å². The molecule has 0 bridgehead atoms. The molecule has 3 aromatic carbocycles. The molecule has 4 nitrogen and oxygen atoms in total. The summed E-state index contributed by atoms with van der Waals surface area (Å²) in [5.41, 5.74) is 6.74. The Bertz CT molecular complexity index is 1230. The normalized spacial score (nSPS) is 15.3. The van der Waals surface area contributed by atoms with Crippen LogP contribution < -0.4 is 0 Å². The summed E-state index contributed by atoms with van der Waals surface area (Å²) in [5.74, 6) is 0.148. The lowest BCUT2D eigenvalue weighted by molar-refractivity contribution is 0.221. The molecule has 1 saturated heterocycles. The zero-order chi connectivity index (χ0) is 21.9. The highest BCUT2D eigenvalue weighted by Crippen LogP contribution is 2.32. The Morgan fingerprint density at radius 2 is 1.69 bits per heavy atom. The highest BCUT2D eigenvalue weighted by molar-refractivity contribution is 6.21. The first kappa shape index (κ1) is 20.5. The van der Waals surface area contributed by atoms with Gasteiger partial charge < -0.3 is 10.1 Å². The van der Waals surface area contributed by atoms with Crippen LogP contribution in [0.1, 0.15) is 41.5 Å². The molecule has 4 heteroatoms. The van der Waals surface area contributed by atoms with Crippen molar-refractivity contribution in [2.24, 2.45) is 4.99 Å². The molecule has 1 fully saturated rings. The molecule has 162 valence electrons. The van der Waals surface area contributed by atoms with Crippen LogP contribution in [0.4, 0.5) is 5.69 Å². The Kier molecular flexibility index (Phi) is 5.78. The minimum absolute atomic E-state index is 0.148. The highest BCUT2D eigenvalue weighted by Gasteiger charge is 2.19.